The molecule has 1 aromatic rings. The van der Waals surface area contributed by atoms with Crippen LogP contribution in [0.5, 0.6) is 0 Å². The van der Waals surface area contributed by atoms with Gasteiger partial charge < -0.3 is 5.73 Å². The van der Waals surface area contributed by atoms with Crippen LogP contribution in [-0.4, -0.2) is 19.4 Å². The third-order valence-electron chi connectivity index (χ3n) is 3.97. The maximum Gasteiger partial charge on any atom is 0.155 e. The smallest absolute Gasteiger partial charge is 0.155 e. The van der Waals surface area contributed by atoms with Crippen LogP contribution in [0.2, 0.25) is 0 Å². The van der Waals surface area contributed by atoms with Crippen LogP contribution in [0, 0.1) is 11.8 Å². The predicted octanol–water partition coefficient (Wildman–Crippen LogP) is 3.34. The molecule has 0 saturated heterocycles. The maximum atomic E-state index is 12.3. The second kappa shape index (κ2) is 7.41. The lowest BCUT2D eigenvalue weighted by molar-refractivity contribution is 0.540. The van der Waals surface area contributed by atoms with E-state index in [1.807, 2.05) is 38.1 Å². The summed E-state index contributed by atoms with van der Waals surface area (Å²) >= 11 is 0. The average Bonchev–Trinajstić information content (AvgIpc) is 2.37. The van der Waals surface area contributed by atoms with E-state index in [2.05, 4.69) is 13.8 Å². The first-order valence-corrected chi connectivity index (χ1v) is 9.41. The zero-order valence-electron chi connectivity index (χ0n) is 13.8. The fraction of sp³-hybridized carbons (Fsp3) is 0.647. The van der Waals surface area contributed by atoms with E-state index in [-0.39, 0.29) is 16.9 Å². The molecule has 0 spiro atoms. The first kappa shape index (κ1) is 18.2. The van der Waals surface area contributed by atoms with Crippen molar-refractivity contribution in [2.24, 2.45) is 17.6 Å². The van der Waals surface area contributed by atoms with Gasteiger partial charge in [-0.05, 0) is 36.3 Å². The van der Waals surface area contributed by atoms with Crippen LogP contribution >= 0.6 is 0 Å². The molecule has 21 heavy (non-hydrogen) atoms. The van der Waals surface area contributed by atoms with Gasteiger partial charge in [0.05, 0.1) is 11.0 Å². The van der Waals surface area contributed by atoms with Gasteiger partial charge in [-0.2, -0.15) is 0 Å². The molecule has 4 heteroatoms. The highest BCUT2D eigenvalue weighted by Crippen LogP contribution is 2.20. The van der Waals surface area contributed by atoms with E-state index >= 15 is 0 Å². The number of sulfone groups is 1. The molecular formula is C17H29NO2S. The lowest BCUT2D eigenvalue weighted by Crippen LogP contribution is -2.31. The average molecular weight is 311 g/mol. The summed E-state index contributed by atoms with van der Waals surface area (Å²) in [4.78, 5) is 0. The van der Waals surface area contributed by atoms with E-state index < -0.39 is 15.9 Å². The predicted molar refractivity (Wildman–Crippen MR) is 90.0 cm³/mol. The minimum Gasteiger partial charge on any atom is -0.323 e. The molecule has 1 rings (SSSR count). The number of nitrogens with two attached hydrogens (primary N) is 1. The Morgan fingerprint density at radius 1 is 1.00 bits per heavy atom. The summed E-state index contributed by atoms with van der Waals surface area (Å²) < 4.78 is 24.6. The standard InChI is InChI=1S/C17H29NO2S/c1-12(2)10-15-6-8-16(9-7-15)17(18)11-21(19,20)14(5)13(3)4/h6-9,12-14,17H,10-11,18H2,1-5H3. The monoisotopic (exact) mass is 311 g/mol. The highest BCUT2D eigenvalue weighted by atomic mass is 32.2. The molecule has 0 aliphatic heterocycles. The Morgan fingerprint density at radius 3 is 1.95 bits per heavy atom. The minimum absolute atomic E-state index is 0.00980. The summed E-state index contributed by atoms with van der Waals surface area (Å²) in [5, 5.41) is -0.358. The van der Waals surface area contributed by atoms with Gasteiger partial charge in [0.2, 0.25) is 0 Å². The molecule has 0 amide bonds. The fourth-order valence-electron chi connectivity index (χ4n) is 2.29. The van der Waals surface area contributed by atoms with Crippen molar-refractivity contribution in [3.63, 3.8) is 0 Å². The van der Waals surface area contributed by atoms with Crippen molar-refractivity contribution in [3.8, 4) is 0 Å². The van der Waals surface area contributed by atoms with E-state index in [0.717, 1.165) is 12.0 Å². The molecule has 1 aromatic carbocycles. The van der Waals surface area contributed by atoms with Crippen molar-refractivity contribution in [1.82, 2.24) is 0 Å². The lowest BCUT2D eigenvalue weighted by atomic mass is 10.0. The molecule has 2 unspecified atom stereocenters. The zero-order valence-corrected chi connectivity index (χ0v) is 14.7. The first-order chi connectivity index (χ1) is 9.63. The van der Waals surface area contributed by atoms with Crippen LogP contribution < -0.4 is 5.73 Å². The zero-order chi connectivity index (χ0) is 16.2. The number of hydrogen-bond donors (Lipinski definition) is 1. The number of hydrogen-bond acceptors (Lipinski definition) is 3. The largest absolute Gasteiger partial charge is 0.323 e. The Hall–Kier alpha value is -0.870. The van der Waals surface area contributed by atoms with Crippen molar-refractivity contribution in [2.75, 3.05) is 5.75 Å². The van der Waals surface area contributed by atoms with Crippen molar-refractivity contribution >= 4 is 9.84 Å². The Morgan fingerprint density at radius 2 is 1.52 bits per heavy atom. The molecule has 0 aromatic heterocycles. The second-order valence-electron chi connectivity index (χ2n) is 6.72. The van der Waals surface area contributed by atoms with Crippen molar-refractivity contribution < 1.29 is 8.42 Å². The molecule has 0 radical (unpaired) electrons. The van der Waals surface area contributed by atoms with E-state index in [4.69, 9.17) is 5.73 Å². The molecule has 2 N–H and O–H groups in total. The van der Waals surface area contributed by atoms with E-state index in [1.54, 1.807) is 6.92 Å². The number of rotatable bonds is 7. The third-order valence-corrected chi connectivity index (χ3v) is 6.47. The summed E-state index contributed by atoms with van der Waals surface area (Å²) in [5.74, 6) is 0.725. The van der Waals surface area contributed by atoms with Crippen LogP contribution in [0.3, 0.4) is 0 Å². The molecule has 0 aliphatic carbocycles. The van der Waals surface area contributed by atoms with Crippen LogP contribution in [0.1, 0.15) is 51.8 Å². The minimum atomic E-state index is -3.16. The molecule has 0 saturated carbocycles. The van der Waals surface area contributed by atoms with Gasteiger partial charge in [-0.25, -0.2) is 8.42 Å². The van der Waals surface area contributed by atoms with Crippen LogP contribution in [-0.2, 0) is 16.3 Å². The summed E-state index contributed by atoms with van der Waals surface area (Å²) in [7, 11) is -3.16. The summed E-state index contributed by atoms with van der Waals surface area (Å²) in [5.41, 5.74) is 8.25. The molecule has 0 fully saturated rings. The molecule has 3 nitrogen and oxygen atoms in total. The lowest BCUT2D eigenvalue weighted by Gasteiger charge is -2.20. The van der Waals surface area contributed by atoms with E-state index in [9.17, 15) is 8.42 Å². The number of benzene rings is 1. The Kier molecular flexibility index (Phi) is 6.41. The first-order valence-electron chi connectivity index (χ1n) is 7.69. The highest BCUT2D eigenvalue weighted by Gasteiger charge is 2.26. The summed E-state index contributed by atoms with van der Waals surface area (Å²) in [6.07, 6.45) is 1.03. The molecular weight excluding hydrogens is 282 g/mol. The van der Waals surface area contributed by atoms with Gasteiger partial charge in [-0.15, -0.1) is 0 Å². The van der Waals surface area contributed by atoms with E-state index in [0.29, 0.717) is 5.92 Å². The third kappa shape index (κ3) is 5.44. The van der Waals surface area contributed by atoms with Gasteiger partial charge in [-0.1, -0.05) is 52.0 Å². The van der Waals surface area contributed by atoms with E-state index in [1.165, 1.54) is 5.56 Å². The normalized spacial score (nSPS) is 15.4. The molecule has 2 atom stereocenters. The quantitative estimate of drug-likeness (QED) is 0.840. The maximum absolute atomic E-state index is 12.3. The van der Waals surface area contributed by atoms with Crippen molar-refractivity contribution in [1.29, 1.82) is 0 Å². The Bertz CT molecular complexity index is 532. The van der Waals surface area contributed by atoms with Crippen molar-refractivity contribution in [3.05, 3.63) is 35.4 Å². The van der Waals surface area contributed by atoms with Gasteiger partial charge in [-0.3, -0.25) is 0 Å². The van der Waals surface area contributed by atoms with Crippen LogP contribution in [0.25, 0.3) is 0 Å². The van der Waals surface area contributed by atoms with Gasteiger partial charge in [0.1, 0.15) is 0 Å². The van der Waals surface area contributed by atoms with Gasteiger partial charge >= 0.3 is 0 Å². The van der Waals surface area contributed by atoms with Gasteiger partial charge in [0, 0.05) is 6.04 Å². The summed E-state index contributed by atoms with van der Waals surface area (Å²) in [6, 6.07) is 7.56. The topological polar surface area (TPSA) is 60.2 Å². The van der Waals surface area contributed by atoms with Gasteiger partial charge in [0.15, 0.2) is 9.84 Å². The Balaban J connectivity index is 2.78. The fourth-order valence-corrected chi connectivity index (χ4v) is 4.11. The van der Waals surface area contributed by atoms with Crippen LogP contribution in [0.15, 0.2) is 24.3 Å². The van der Waals surface area contributed by atoms with Crippen LogP contribution in [0.4, 0.5) is 0 Å². The second-order valence-corrected chi connectivity index (χ2v) is 9.13. The molecule has 0 aliphatic rings. The SMILES string of the molecule is CC(C)Cc1ccc(C(N)CS(=O)(=O)C(C)C(C)C)cc1. The van der Waals surface area contributed by atoms with Gasteiger partial charge in [0.25, 0.3) is 0 Å². The summed E-state index contributed by atoms with van der Waals surface area (Å²) in [6.45, 7) is 9.97. The Labute approximate surface area is 129 Å². The molecule has 0 bridgehead atoms. The molecule has 120 valence electrons. The highest BCUT2D eigenvalue weighted by molar-refractivity contribution is 7.92. The molecule has 0 heterocycles. The van der Waals surface area contributed by atoms with Crippen molar-refractivity contribution in [2.45, 2.75) is 52.3 Å².